The zero-order valence-electron chi connectivity index (χ0n) is 13.7. The average molecular weight is 250 g/mol. The Balaban J connectivity index is 2.13. The van der Waals surface area contributed by atoms with Gasteiger partial charge in [0, 0.05) is 0 Å². The Labute approximate surface area is 115 Å². The maximum absolute atomic E-state index is 2.51. The SMILES string of the molecule is CCC1(C)CCC2(CC1)CC(C)(C)CC(C)(C)C2. The maximum Gasteiger partial charge on any atom is -0.0287 e. The van der Waals surface area contributed by atoms with Crippen LogP contribution in [0.1, 0.15) is 92.9 Å². The van der Waals surface area contributed by atoms with E-state index in [2.05, 4.69) is 41.5 Å². The van der Waals surface area contributed by atoms with E-state index in [1.54, 1.807) is 0 Å². The van der Waals surface area contributed by atoms with Gasteiger partial charge >= 0.3 is 0 Å². The molecule has 0 heterocycles. The quantitative estimate of drug-likeness (QED) is 0.520. The third kappa shape index (κ3) is 2.94. The molecule has 18 heavy (non-hydrogen) atoms. The summed E-state index contributed by atoms with van der Waals surface area (Å²) in [6.45, 7) is 14.9. The highest BCUT2D eigenvalue weighted by Crippen LogP contribution is 2.61. The molecule has 2 rings (SSSR count). The average Bonchev–Trinajstić information content (AvgIpc) is 2.19. The Morgan fingerprint density at radius 3 is 1.50 bits per heavy atom. The molecule has 0 bridgehead atoms. The van der Waals surface area contributed by atoms with Crippen LogP contribution in [0.25, 0.3) is 0 Å². The molecule has 2 aliphatic rings. The summed E-state index contributed by atoms with van der Waals surface area (Å²) in [5, 5.41) is 0. The van der Waals surface area contributed by atoms with Crippen LogP contribution in [0.3, 0.4) is 0 Å². The Morgan fingerprint density at radius 1 is 0.667 bits per heavy atom. The summed E-state index contributed by atoms with van der Waals surface area (Å²) in [6.07, 6.45) is 11.6. The first-order valence-electron chi connectivity index (χ1n) is 8.10. The molecular formula is C18H34. The topological polar surface area (TPSA) is 0 Å². The van der Waals surface area contributed by atoms with Gasteiger partial charge in [-0.2, -0.15) is 0 Å². The minimum absolute atomic E-state index is 0.557. The first-order chi connectivity index (χ1) is 8.10. The van der Waals surface area contributed by atoms with Gasteiger partial charge in [0.05, 0.1) is 0 Å². The van der Waals surface area contributed by atoms with Gasteiger partial charge in [-0.15, -0.1) is 0 Å². The summed E-state index contributed by atoms with van der Waals surface area (Å²) in [5.74, 6) is 0. The number of rotatable bonds is 1. The van der Waals surface area contributed by atoms with Gasteiger partial charge in [-0.3, -0.25) is 0 Å². The van der Waals surface area contributed by atoms with E-state index in [-0.39, 0.29) is 0 Å². The van der Waals surface area contributed by atoms with Crippen molar-refractivity contribution in [3.63, 3.8) is 0 Å². The fourth-order valence-electron chi connectivity index (χ4n) is 5.60. The molecule has 1 spiro atoms. The van der Waals surface area contributed by atoms with Crippen molar-refractivity contribution in [3.05, 3.63) is 0 Å². The van der Waals surface area contributed by atoms with E-state index in [4.69, 9.17) is 0 Å². The van der Waals surface area contributed by atoms with Crippen LogP contribution in [0.4, 0.5) is 0 Å². The zero-order valence-corrected chi connectivity index (χ0v) is 13.7. The second kappa shape index (κ2) is 4.25. The molecule has 0 aromatic rings. The van der Waals surface area contributed by atoms with Crippen LogP contribution in [0.2, 0.25) is 0 Å². The summed E-state index contributed by atoms with van der Waals surface area (Å²) in [5.41, 5.74) is 2.44. The lowest BCUT2D eigenvalue weighted by atomic mass is 9.49. The van der Waals surface area contributed by atoms with E-state index in [0.717, 1.165) is 0 Å². The standard InChI is InChI=1S/C18H34/c1-7-17(6)8-10-18(11-9-17)13-15(2,3)12-16(4,5)14-18/h7-14H2,1-6H3. The molecule has 0 nitrogen and oxygen atoms in total. The second-order valence-electron chi connectivity index (χ2n) is 9.52. The smallest absolute Gasteiger partial charge is 0.0287 e. The van der Waals surface area contributed by atoms with Crippen LogP contribution in [0.15, 0.2) is 0 Å². The molecule has 0 aromatic carbocycles. The Bertz CT molecular complexity index is 282. The van der Waals surface area contributed by atoms with Gasteiger partial charge in [-0.1, -0.05) is 48.0 Å². The molecule has 0 saturated heterocycles. The second-order valence-corrected chi connectivity index (χ2v) is 9.52. The van der Waals surface area contributed by atoms with Crippen LogP contribution >= 0.6 is 0 Å². The van der Waals surface area contributed by atoms with Crippen molar-refractivity contribution in [1.82, 2.24) is 0 Å². The third-order valence-corrected chi connectivity index (χ3v) is 6.04. The minimum Gasteiger partial charge on any atom is -0.0649 e. The van der Waals surface area contributed by atoms with E-state index in [0.29, 0.717) is 21.7 Å². The molecule has 2 fully saturated rings. The lowest BCUT2D eigenvalue weighted by Gasteiger charge is -2.56. The van der Waals surface area contributed by atoms with Gasteiger partial charge < -0.3 is 0 Å². The minimum atomic E-state index is 0.557. The van der Waals surface area contributed by atoms with Crippen molar-refractivity contribution in [2.24, 2.45) is 21.7 Å². The molecule has 0 aliphatic heterocycles. The van der Waals surface area contributed by atoms with Crippen LogP contribution in [-0.4, -0.2) is 0 Å². The summed E-state index contributed by atoms with van der Waals surface area (Å²) < 4.78 is 0. The molecule has 106 valence electrons. The predicted molar refractivity (Wildman–Crippen MR) is 80.7 cm³/mol. The molecule has 0 aromatic heterocycles. The highest BCUT2D eigenvalue weighted by molar-refractivity contribution is 5.00. The van der Waals surface area contributed by atoms with Crippen LogP contribution < -0.4 is 0 Å². The molecule has 0 N–H and O–H groups in total. The van der Waals surface area contributed by atoms with Crippen molar-refractivity contribution >= 4 is 0 Å². The van der Waals surface area contributed by atoms with Gasteiger partial charge in [0.2, 0.25) is 0 Å². The van der Waals surface area contributed by atoms with Crippen molar-refractivity contribution in [3.8, 4) is 0 Å². The van der Waals surface area contributed by atoms with Gasteiger partial charge in [0.1, 0.15) is 0 Å². The Morgan fingerprint density at radius 2 is 1.11 bits per heavy atom. The summed E-state index contributed by atoms with van der Waals surface area (Å²) >= 11 is 0. The van der Waals surface area contributed by atoms with E-state index in [1.165, 1.54) is 51.4 Å². The van der Waals surface area contributed by atoms with Crippen molar-refractivity contribution < 1.29 is 0 Å². The molecule has 2 saturated carbocycles. The van der Waals surface area contributed by atoms with Crippen LogP contribution in [0, 0.1) is 21.7 Å². The van der Waals surface area contributed by atoms with Gasteiger partial charge in [0.15, 0.2) is 0 Å². The highest BCUT2D eigenvalue weighted by atomic mass is 14.5. The molecule has 0 amide bonds. The normalized spacial score (nSPS) is 32.3. The maximum atomic E-state index is 2.51. The van der Waals surface area contributed by atoms with Crippen LogP contribution in [0.5, 0.6) is 0 Å². The molecule has 0 atom stereocenters. The fraction of sp³-hybridized carbons (Fsp3) is 1.00. The van der Waals surface area contributed by atoms with Crippen LogP contribution in [-0.2, 0) is 0 Å². The summed E-state index contributed by atoms with van der Waals surface area (Å²) in [6, 6.07) is 0. The Hall–Kier alpha value is 0. The summed E-state index contributed by atoms with van der Waals surface area (Å²) in [7, 11) is 0. The van der Waals surface area contributed by atoms with Gasteiger partial charge in [-0.05, 0) is 66.6 Å². The van der Waals surface area contributed by atoms with Crippen molar-refractivity contribution in [1.29, 1.82) is 0 Å². The Kier molecular flexibility index (Phi) is 3.40. The lowest BCUT2D eigenvalue weighted by molar-refractivity contribution is -0.0478. The lowest BCUT2D eigenvalue weighted by Crippen LogP contribution is -2.44. The van der Waals surface area contributed by atoms with E-state index in [9.17, 15) is 0 Å². The van der Waals surface area contributed by atoms with Gasteiger partial charge in [0.25, 0.3) is 0 Å². The fourth-order valence-corrected chi connectivity index (χ4v) is 5.60. The molecule has 0 unspecified atom stereocenters. The number of hydrogen-bond donors (Lipinski definition) is 0. The van der Waals surface area contributed by atoms with Crippen molar-refractivity contribution in [2.45, 2.75) is 92.9 Å². The first kappa shape index (κ1) is 14.4. The van der Waals surface area contributed by atoms with E-state index < -0.39 is 0 Å². The molecule has 0 radical (unpaired) electrons. The van der Waals surface area contributed by atoms with E-state index in [1.807, 2.05) is 0 Å². The predicted octanol–water partition coefficient (Wildman–Crippen LogP) is 6.20. The zero-order chi connectivity index (χ0) is 13.7. The summed E-state index contributed by atoms with van der Waals surface area (Å²) in [4.78, 5) is 0. The largest absolute Gasteiger partial charge is 0.0649 e. The van der Waals surface area contributed by atoms with Gasteiger partial charge in [-0.25, -0.2) is 0 Å². The molecule has 0 heteroatoms. The monoisotopic (exact) mass is 250 g/mol. The van der Waals surface area contributed by atoms with E-state index >= 15 is 0 Å². The molecule has 2 aliphatic carbocycles. The third-order valence-electron chi connectivity index (χ3n) is 6.04. The highest BCUT2D eigenvalue weighted by Gasteiger charge is 2.49. The molecular weight excluding hydrogens is 216 g/mol. The van der Waals surface area contributed by atoms with Crippen molar-refractivity contribution in [2.75, 3.05) is 0 Å². The number of hydrogen-bond acceptors (Lipinski definition) is 0. The first-order valence-corrected chi connectivity index (χ1v) is 8.10.